The zero-order chi connectivity index (χ0) is 52.9. The third-order valence-electron chi connectivity index (χ3n) is 13.0. The molecule has 73 heavy (non-hydrogen) atoms. The van der Waals surface area contributed by atoms with E-state index >= 15 is 0 Å². The molecule has 0 fully saturated rings. The Morgan fingerprint density at radius 1 is 0.288 bits per heavy atom. The summed E-state index contributed by atoms with van der Waals surface area (Å²) < 4.78 is 16.9. The van der Waals surface area contributed by atoms with Crippen LogP contribution in [-0.4, -0.2) is 37.2 Å². The van der Waals surface area contributed by atoms with Gasteiger partial charge >= 0.3 is 17.9 Å². The highest BCUT2D eigenvalue weighted by molar-refractivity contribution is 5.71. The van der Waals surface area contributed by atoms with Crippen LogP contribution in [0.5, 0.6) is 0 Å². The second-order valence-corrected chi connectivity index (χ2v) is 20.2. The van der Waals surface area contributed by atoms with E-state index in [-0.39, 0.29) is 31.1 Å². The van der Waals surface area contributed by atoms with Crippen molar-refractivity contribution in [3.05, 3.63) is 97.2 Å². The number of allylic oxidation sites excluding steroid dienone is 16. The van der Waals surface area contributed by atoms with Crippen molar-refractivity contribution >= 4 is 17.9 Å². The Morgan fingerprint density at radius 2 is 0.562 bits per heavy atom. The second kappa shape index (κ2) is 60.9. The standard InChI is InChI=1S/C67H114O6/c1-4-7-10-13-16-19-22-24-26-28-30-31-32-33-34-35-36-37-38-40-41-43-45-48-51-54-57-60-66(69)72-63-64(62-71-65(68)59-56-53-50-47-21-18-15-12-9-6-3)73-67(70)61-58-55-52-49-46-44-42-39-29-27-25-23-20-17-14-11-8-5-2/h7,10,12,15-16,19-20,23-24,26-27,29-31,33-34,64H,4-6,8-9,11,13-14,17-18,21-22,25,28,32,35-63H2,1-3H3/b10-7-,15-12-,19-16-,23-20-,26-24-,29-27-,31-30-,34-33-. The van der Waals surface area contributed by atoms with E-state index in [9.17, 15) is 14.4 Å². The highest BCUT2D eigenvalue weighted by Gasteiger charge is 2.19. The largest absolute Gasteiger partial charge is 0.462 e. The highest BCUT2D eigenvalue weighted by atomic mass is 16.6. The Morgan fingerprint density at radius 3 is 0.904 bits per heavy atom. The molecule has 0 aromatic heterocycles. The van der Waals surface area contributed by atoms with Gasteiger partial charge in [-0.1, -0.05) is 253 Å². The summed E-state index contributed by atoms with van der Waals surface area (Å²) in [5.41, 5.74) is 0. The van der Waals surface area contributed by atoms with Crippen molar-refractivity contribution in [2.45, 2.75) is 297 Å². The van der Waals surface area contributed by atoms with E-state index in [2.05, 4.69) is 118 Å². The average Bonchev–Trinajstić information content (AvgIpc) is 3.39. The summed E-state index contributed by atoms with van der Waals surface area (Å²) in [6, 6.07) is 0. The molecule has 0 bridgehead atoms. The predicted molar refractivity (Wildman–Crippen MR) is 316 cm³/mol. The first-order valence-electron chi connectivity index (χ1n) is 30.7. The lowest BCUT2D eigenvalue weighted by atomic mass is 10.0. The van der Waals surface area contributed by atoms with Gasteiger partial charge in [0.1, 0.15) is 13.2 Å². The molecule has 418 valence electrons. The maximum atomic E-state index is 12.9. The molecule has 0 aliphatic rings. The van der Waals surface area contributed by atoms with Crippen molar-refractivity contribution in [2.75, 3.05) is 13.2 Å². The molecule has 0 aliphatic carbocycles. The summed E-state index contributed by atoms with van der Waals surface area (Å²) in [7, 11) is 0. The molecule has 1 atom stereocenters. The number of esters is 3. The quantitative estimate of drug-likeness (QED) is 0.0261. The molecular formula is C67H114O6. The molecular weight excluding hydrogens is 901 g/mol. The van der Waals surface area contributed by atoms with E-state index in [0.29, 0.717) is 19.3 Å². The second-order valence-electron chi connectivity index (χ2n) is 20.2. The smallest absolute Gasteiger partial charge is 0.306 e. The molecule has 6 heteroatoms. The van der Waals surface area contributed by atoms with Crippen LogP contribution in [0.15, 0.2) is 97.2 Å². The zero-order valence-corrected chi connectivity index (χ0v) is 47.9. The summed E-state index contributed by atoms with van der Waals surface area (Å²) in [6.45, 7) is 6.45. The monoisotopic (exact) mass is 1010 g/mol. The molecule has 0 aromatic carbocycles. The van der Waals surface area contributed by atoms with Gasteiger partial charge < -0.3 is 14.2 Å². The minimum Gasteiger partial charge on any atom is -0.462 e. The average molecular weight is 1020 g/mol. The van der Waals surface area contributed by atoms with Crippen molar-refractivity contribution < 1.29 is 28.6 Å². The topological polar surface area (TPSA) is 78.9 Å². The van der Waals surface area contributed by atoms with Gasteiger partial charge in [-0.2, -0.15) is 0 Å². The molecule has 0 spiro atoms. The van der Waals surface area contributed by atoms with Gasteiger partial charge in [-0.3, -0.25) is 14.4 Å². The van der Waals surface area contributed by atoms with Crippen LogP contribution in [-0.2, 0) is 28.6 Å². The van der Waals surface area contributed by atoms with Gasteiger partial charge in [0.05, 0.1) is 0 Å². The fraction of sp³-hybridized carbons (Fsp3) is 0.716. The van der Waals surface area contributed by atoms with E-state index < -0.39 is 6.10 Å². The van der Waals surface area contributed by atoms with Gasteiger partial charge in [-0.25, -0.2) is 0 Å². The van der Waals surface area contributed by atoms with Crippen LogP contribution in [0, 0.1) is 0 Å². The van der Waals surface area contributed by atoms with E-state index in [1.165, 1.54) is 135 Å². The van der Waals surface area contributed by atoms with Gasteiger partial charge in [0.2, 0.25) is 0 Å². The van der Waals surface area contributed by atoms with Crippen molar-refractivity contribution in [1.82, 2.24) is 0 Å². The fourth-order valence-corrected chi connectivity index (χ4v) is 8.44. The van der Waals surface area contributed by atoms with Gasteiger partial charge in [-0.05, 0) is 116 Å². The van der Waals surface area contributed by atoms with Crippen LogP contribution in [0.25, 0.3) is 0 Å². The molecule has 0 radical (unpaired) electrons. The van der Waals surface area contributed by atoms with Crippen LogP contribution >= 0.6 is 0 Å². The van der Waals surface area contributed by atoms with Crippen LogP contribution < -0.4 is 0 Å². The maximum Gasteiger partial charge on any atom is 0.306 e. The molecule has 0 aliphatic heterocycles. The number of unbranched alkanes of at least 4 members (excludes halogenated alkanes) is 28. The Labute approximate surface area is 451 Å². The van der Waals surface area contributed by atoms with Crippen molar-refractivity contribution in [3.63, 3.8) is 0 Å². The lowest BCUT2D eigenvalue weighted by Gasteiger charge is -2.18. The SMILES string of the molecule is CC/C=C\C/C=C\C/C=C\C/C=C\C/C=C\CCCCCCCCCCCCCC(=O)OCC(COC(=O)CCCCCCC/C=C\CCC)OC(=O)CCCCCCCCC/C=C\C/C=C\CCCCCC. The Bertz CT molecular complexity index is 1440. The fourth-order valence-electron chi connectivity index (χ4n) is 8.44. The number of hydrogen-bond acceptors (Lipinski definition) is 6. The zero-order valence-electron chi connectivity index (χ0n) is 47.9. The first-order valence-corrected chi connectivity index (χ1v) is 30.7. The molecule has 0 saturated carbocycles. The molecule has 0 saturated heterocycles. The first-order chi connectivity index (χ1) is 36.0. The molecule has 0 aromatic rings. The Kier molecular flexibility index (Phi) is 57.8. The molecule has 0 heterocycles. The van der Waals surface area contributed by atoms with Gasteiger partial charge in [0.15, 0.2) is 6.10 Å². The normalized spacial score (nSPS) is 12.8. The van der Waals surface area contributed by atoms with Crippen molar-refractivity contribution in [3.8, 4) is 0 Å². The summed E-state index contributed by atoms with van der Waals surface area (Å²) in [5, 5.41) is 0. The third kappa shape index (κ3) is 59.1. The molecule has 0 rings (SSSR count). The maximum absolute atomic E-state index is 12.9. The molecule has 1 unspecified atom stereocenters. The Hall–Kier alpha value is -3.67. The molecule has 0 N–H and O–H groups in total. The van der Waals surface area contributed by atoms with Gasteiger partial charge in [0, 0.05) is 19.3 Å². The van der Waals surface area contributed by atoms with E-state index in [1.807, 2.05) is 0 Å². The van der Waals surface area contributed by atoms with Crippen molar-refractivity contribution in [2.24, 2.45) is 0 Å². The van der Waals surface area contributed by atoms with Crippen LogP contribution in [0.4, 0.5) is 0 Å². The first kappa shape index (κ1) is 69.3. The van der Waals surface area contributed by atoms with Gasteiger partial charge in [-0.15, -0.1) is 0 Å². The summed E-state index contributed by atoms with van der Waals surface area (Å²) >= 11 is 0. The third-order valence-corrected chi connectivity index (χ3v) is 13.0. The summed E-state index contributed by atoms with van der Waals surface area (Å²) in [6.07, 6.45) is 81.3. The van der Waals surface area contributed by atoms with E-state index in [4.69, 9.17) is 14.2 Å². The highest BCUT2D eigenvalue weighted by Crippen LogP contribution is 2.15. The van der Waals surface area contributed by atoms with E-state index in [1.54, 1.807) is 0 Å². The minimum absolute atomic E-state index is 0.0844. The van der Waals surface area contributed by atoms with Crippen LogP contribution in [0.2, 0.25) is 0 Å². The molecule has 6 nitrogen and oxygen atoms in total. The number of ether oxygens (including phenoxy) is 3. The lowest BCUT2D eigenvalue weighted by molar-refractivity contribution is -0.167. The molecule has 0 amide bonds. The van der Waals surface area contributed by atoms with Gasteiger partial charge in [0.25, 0.3) is 0 Å². The summed E-state index contributed by atoms with van der Waals surface area (Å²) in [5.74, 6) is -0.900. The lowest BCUT2D eigenvalue weighted by Crippen LogP contribution is -2.30. The number of carbonyl (C=O) groups is 3. The summed E-state index contributed by atoms with van der Waals surface area (Å²) in [4.78, 5) is 38.2. The van der Waals surface area contributed by atoms with Crippen LogP contribution in [0.3, 0.4) is 0 Å². The number of rotatable bonds is 55. The van der Waals surface area contributed by atoms with Crippen molar-refractivity contribution in [1.29, 1.82) is 0 Å². The van der Waals surface area contributed by atoms with Crippen LogP contribution in [0.1, 0.15) is 290 Å². The predicted octanol–water partition coefficient (Wildman–Crippen LogP) is 20.9. The number of hydrogen-bond donors (Lipinski definition) is 0. The Balaban J connectivity index is 4.25. The van der Waals surface area contributed by atoms with E-state index in [0.717, 1.165) is 116 Å². The minimum atomic E-state index is -0.786. The number of carbonyl (C=O) groups excluding carboxylic acids is 3.